The number of fused-ring (bicyclic) bond motifs is 1. The van der Waals surface area contributed by atoms with Gasteiger partial charge in [-0.05, 0) is 48.6 Å². The van der Waals surface area contributed by atoms with Gasteiger partial charge in [0.05, 0.1) is 23.0 Å². The van der Waals surface area contributed by atoms with Gasteiger partial charge in [-0.15, -0.1) is 0 Å². The van der Waals surface area contributed by atoms with Gasteiger partial charge in [0.15, 0.2) is 0 Å². The van der Waals surface area contributed by atoms with Crippen molar-refractivity contribution in [2.45, 2.75) is 0 Å². The minimum atomic E-state index is -0.979. The number of rotatable bonds is 3. The lowest BCUT2D eigenvalue weighted by Crippen LogP contribution is -2.00. The van der Waals surface area contributed by atoms with Gasteiger partial charge < -0.3 is 9.52 Å². The van der Waals surface area contributed by atoms with Gasteiger partial charge in [-0.1, -0.05) is 15.9 Å². The molecule has 0 unspecified atom stereocenters. The summed E-state index contributed by atoms with van der Waals surface area (Å²) in [4.78, 5) is 15.9. The van der Waals surface area contributed by atoms with E-state index in [1.165, 1.54) is 0 Å². The Morgan fingerprint density at radius 1 is 1.24 bits per heavy atom. The smallest absolute Gasteiger partial charge is 0.336 e. The largest absolute Gasteiger partial charge is 0.478 e. The van der Waals surface area contributed by atoms with Crippen LogP contribution >= 0.6 is 15.9 Å². The number of carbonyl (C=O) groups is 1. The highest BCUT2D eigenvalue weighted by molar-refractivity contribution is 9.10. The van der Waals surface area contributed by atoms with Crippen molar-refractivity contribution in [2.24, 2.45) is 0 Å². The fourth-order valence-electron chi connectivity index (χ4n) is 2.03. The van der Waals surface area contributed by atoms with Crippen molar-refractivity contribution in [2.75, 3.05) is 0 Å². The monoisotopic (exact) mass is 343 g/mol. The fraction of sp³-hybridized carbons (Fsp3) is 0. The first-order chi connectivity index (χ1) is 10.1. The van der Waals surface area contributed by atoms with Gasteiger partial charge in [0.1, 0.15) is 5.76 Å². The summed E-state index contributed by atoms with van der Waals surface area (Å²) in [5, 5.41) is 9.97. The predicted molar refractivity (Wildman–Crippen MR) is 84.0 cm³/mol. The van der Waals surface area contributed by atoms with Gasteiger partial charge >= 0.3 is 5.97 Å². The Labute approximate surface area is 128 Å². The van der Waals surface area contributed by atoms with Crippen LogP contribution in [0.5, 0.6) is 0 Å². The SMILES string of the molecule is O=C(O)c1cc(/C=C/c2ccco2)nc2ccc(Br)cc12. The zero-order valence-corrected chi connectivity index (χ0v) is 12.4. The van der Waals surface area contributed by atoms with Crippen molar-refractivity contribution in [1.29, 1.82) is 0 Å². The first kappa shape index (κ1) is 13.6. The van der Waals surface area contributed by atoms with Crippen molar-refractivity contribution in [3.63, 3.8) is 0 Å². The molecular formula is C16H10BrNO3. The van der Waals surface area contributed by atoms with Crippen LogP contribution in [-0.2, 0) is 0 Å². The molecule has 1 N–H and O–H groups in total. The number of pyridine rings is 1. The average molecular weight is 344 g/mol. The molecule has 2 heterocycles. The molecule has 21 heavy (non-hydrogen) atoms. The Bertz CT molecular complexity index is 838. The first-order valence-electron chi connectivity index (χ1n) is 6.19. The number of furan rings is 1. The predicted octanol–water partition coefficient (Wildman–Crippen LogP) is 4.46. The maximum Gasteiger partial charge on any atom is 0.336 e. The van der Waals surface area contributed by atoms with Crippen LogP contribution in [0.15, 0.2) is 51.6 Å². The van der Waals surface area contributed by atoms with Crippen LogP contribution in [0, 0.1) is 0 Å². The molecule has 104 valence electrons. The molecule has 5 heteroatoms. The molecule has 0 bridgehead atoms. The quantitative estimate of drug-likeness (QED) is 0.762. The number of carboxylic acid groups (broad SMARTS) is 1. The molecule has 0 fully saturated rings. The molecule has 0 amide bonds. The van der Waals surface area contributed by atoms with Gasteiger partial charge in [-0.3, -0.25) is 0 Å². The molecule has 0 aliphatic heterocycles. The van der Waals surface area contributed by atoms with Crippen molar-refractivity contribution < 1.29 is 14.3 Å². The van der Waals surface area contributed by atoms with E-state index in [9.17, 15) is 9.90 Å². The molecule has 3 rings (SSSR count). The van der Waals surface area contributed by atoms with E-state index in [0.29, 0.717) is 22.4 Å². The molecule has 2 aromatic heterocycles. The highest BCUT2D eigenvalue weighted by atomic mass is 79.9. The van der Waals surface area contributed by atoms with E-state index in [0.717, 1.165) is 4.47 Å². The summed E-state index contributed by atoms with van der Waals surface area (Å²) in [6.45, 7) is 0. The molecular weight excluding hydrogens is 334 g/mol. The molecule has 0 aliphatic rings. The van der Waals surface area contributed by atoms with Crippen molar-refractivity contribution >= 4 is 45.0 Å². The highest BCUT2D eigenvalue weighted by Gasteiger charge is 2.11. The third-order valence-electron chi connectivity index (χ3n) is 2.98. The molecule has 0 aliphatic carbocycles. The summed E-state index contributed by atoms with van der Waals surface area (Å²) >= 11 is 3.34. The van der Waals surface area contributed by atoms with Gasteiger partial charge in [0.25, 0.3) is 0 Å². The van der Waals surface area contributed by atoms with Crippen LogP contribution in [0.25, 0.3) is 23.1 Å². The molecule has 0 saturated heterocycles. The molecule has 1 aromatic carbocycles. The van der Waals surface area contributed by atoms with Gasteiger partial charge in [0, 0.05) is 9.86 Å². The molecule has 4 nitrogen and oxygen atoms in total. The fourth-order valence-corrected chi connectivity index (χ4v) is 2.40. The second-order valence-electron chi connectivity index (χ2n) is 4.41. The number of hydrogen-bond acceptors (Lipinski definition) is 3. The Kier molecular flexibility index (Phi) is 3.58. The zero-order valence-electron chi connectivity index (χ0n) is 10.8. The van der Waals surface area contributed by atoms with Crippen molar-refractivity contribution in [3.8, 4) is 0 Å². The van der Waals surface area contributed by atoms with Crippen LogP contribution < -0.4 is 0 Å². The van der Waals surface area contributed by atoms with Gasteiger partial charge in [0.2, 0.25) is 0 Å². The molecule has 0 atom stereocenters. The minimum Gasteiger partial charge on any atom is -0.478 e. The lowest BCUT2D eigenvalue weighted by molar-refractivity contribution is 0.0699. The Balaban J connectivity index is 2.12. The van der Waals surface area contributed by atoms with Gasteiger partial charge in [-0.2, -0.15) is 0 Å². The second-order valence-corrected chi connectivity index (χ2v) is 5.33. The van der Waals surface area contributed by atoms with Crippen LogP contribution in [0.3, 0.4) is 0 Å². The van der Waals surface area contributed by atoms with Gasteiger partial charge in [-0.25, -0.2) is 9.78 Å². The van der Waals surface area contributed by atoms with Crippen molar-refractivity contribution in [1.82, 2.24) is 4.98 Å². The zero-order chi connectivity index (χ0) is 14.8. The normalized spacial score (nSPS) is 11.3. The minimum absolute atomic E-state index is 0.223. The summed E-state index contributed by atoms with van der Waals surface area (Å²) in [5.74, 6) is -0.294. The summed E-state index contributed by atoms with van der Waals surface area (Å²) in [5.41, 5.74) is 1.43. The van der Waals surface area contributed by atoms with Crippen LogP contribution in [-0.4, -0.2) is 16.1 Å². The van der Waals surface area contributed by atoms with E-state index in [-0.39, 0.29) is 5.56 Å². The van der Waals surface area contributed by atoms with E-state index >= 15 is 0 Å². The number of aromatic carboxylic acids is 1. The summed E-state index contributed by atoms with van der Waals surface area (Å²) in [6, 6.07) is 10.5. The number of carboxylic acids is 1. The number of halogens is 1. The number of hydrogen-bond donors (Lipinski definition) is 1. The molecule has 3 aromatic rings. The maximum absolute atomic E-state index is 11.4. The van der Waals surface area contributed by atoms with Crippen molar-refractivity contribution in [3.05, 3.63) is 64.2 Å². The Morgan fingerprint density at radius 3 is 2.81 bits per heavy atom. The van der Waals surface area contributed by atoms with Crippen LogP contribution in [0.1, 0.15) is 21.8 Å². The third kappa shape index (κ3) is 2.87. The highest BCUT2D eigenvalue weighted by Crippen LogP contribution is 2.23. The molecule has 0 radical (unpaired) electrons. The molecule has 0 spiro atoms. The lowest BCUT2D eigenvalue weighted by atomic mass is 10.1. The first-order valence-corrected chi connectivity index (χ1v) is 6.98. The van der Waals surface area contributed by atoms with E-state index in [2.05, 4.69) is 20.9 Å². The summed E-state index contributed by atoms with van der Waals surface area (Å²) < 4.78 is 6.02. The standard InChI is InChI=1S/C16H10BrNO3/c17-10-3-6-15-13(8-10)14(16(19)20)9-11(18-15)4-5-12-2-1-7-21-12/h1-9H,(H,19,20)/b5-4+. The molecule has 0 saturated carbocycles. The number of nitrogens with zero attached hydrogens (tertiary/aromatic N) is 1. The topological polar surface area (TPSA) is 63.3 Å². The van der Waals surface area contributed by atoms with E-state index in [1.807, 2.05) is 12.1 Å². The van der Waals surface area contributed by atoms with E-state index < -0.39 is 5.97 Å². The summed E-state index contributed by atoms with van der Waals surface area (Å²) in [7, 11) is 0. The Hall–Kier alpha value is -2.40. The lowest BCUT2D eigenvalue weighted by Gasteiger charge is -2.05. The number of benzene rings is 1. The summed E-state index contributed by atoms with van der Waals surface area (Å²) in [6.07, 6.45) is 5.05. The average Bonchev–Trinajstić information content (AvgIpc) is 2.97. The van der Waals surface area contributed by atoms with Crippen LogP contribution in [0.4, 0.5) is 0 Å². The Morgan fingerprint density at radius 2 is 2.10 bits per heavy atom. The van der Waals surface area contributed by atoms with E-state index in [4.69, 9.17) is 4.42 Å². The number of aromatic nitrogens is 1. The maximum atomic E-state index is 11.4. The van der Waals surface area contributed by atoms with Crippen LogP contribution in [0.2, 0.25) is 0 Å². The third-order valence-corrected chi connectivity index (χ3v) is 3.48. The van der Waals surface area contributed by atoms with E-state index in [1.54, 1.807) is 42.7 Å². The second kappa shape index (κ2) is 5.54.